The number of aryl methyl sites for hydroxylation is 2. The zero-order valence-corrected chi connectivity index (χ0v) is 33.8. The number of pyridine rings is 1. The van der Waals surface area contributed by atoms with Gasteiger partial charge in [-0.25, -0.2) is 4.98 Å². The van der Waals surface area contributed by atoms with Gasteiger partial charge >= 0.3 is 5.82 Å². The number of allylic oxidation sites excluding steroid dienone is 3. The lowest BCUT2D eigenvalue weighted by atomic mass is 9.77. The molecule has 0 N–H and O–H groups in total. The molecule has 2 aliphatic rings. The number of imidazole rings is 1. The molecule has 0 bridgehead atoms. The van der Waals surface area contributed by atoms with Gasteiger partial charge in [0.25, 0.3) is 0 Å². The third-order valence-electron chi connectivity index (χ3n) is 12.2. The Hall–Kier alpha value is -6.05. The van der Waals surface area contributed by atoms with Crippen molar-refractivity contribution in [2.45, 2.75) is 64.7 Å². The number of aromatic nitrogens is 4. The maximum absolute atomic E-state index is 6.94. The first-order chi connectivity index (χ1) is 27.1. The second-order valence-corrected chi connectivity index (χ2v) is 21.6. The van der Waals surface area contributed by atoms with Crippen molar-refractivity contribution in [2.24, 2.45) is 0 Å². The highest BCUT2D eigenvalue weighted by Gasteiger charge is 2.46. The van der Waals surface area contributed by atoms with E-state index < -0.39 is 8.07 Å². The normalized spacial score (nSPS) is 18.5. The Bertz CT molecular complexity index is 2950. The van der Waals surface area contributed by atoms with Gasteiger partial charge in [0.2, 0.25) is 5.69 Å². The van der Waals surface area contributed by atoms with Crippen molar-refractivity contribution in [2.75, 3.05) is 0 Å². The summed E-state index contributed by atoms with van der Waals surface area (Å²) in [5.41, 5.74) is 13.9. The quantitative estimate of drug-likeness (QED) is 0.133. The summed E-state index contributed by atoms with van der Waals surface area (Å²) >= 11 is 0. The molecule has 0 aliphatic carbocycles. The number of nitrogens with zero attached hydrogens (tertiary/aromatic N) is 4. The summed E-state index contributed by atoms with van der Waals surface area (Å²) in [6.07, 6.45) is 6.94. The van der Waals surface area contributed by atoms with Gasteiger partial charge in [0.1, 0.15) is 33.8 Å². The average molecular weight is 751 g/mol. The molecule has 4 aromatic carbocycles. The third kappa shape index (κ3) is 5.17. The standard InChI is InChI=1S/C49H46N4O2Si/c1-8-33-22-24-37-38-25-26-39-48(54-32(4)50-39)46(38)42-27-23-35(56(5,6)7)29-51(42)43(37)28-30(2)52-40-19-13-14-20-41(40)53(34-16-10-9-11-17-34)49(52)45(33)47-31(3)36-18-12-15-21-44(36)55-47/h8-21,23,25-27,29,37,43H,1-2,22,24,28H2,3-7H3/q+2/b45-33-. The van der Waals surface area contributed by atoms with Crippen LogP contribution in [-0.4, -0.2) is 17.6 Å². The van der Waals surface area contributed by atoms with Gasteiger partial charge in [-0.1, -0.05) is 99.5 Å². The molecule has 2 aliphatic heterocycles. The van der Waals surface area contributed by atoms with Crippen LogP contribution in [0.25, 0.3) is 61.3 Å². The highest BCUT2D eigenvalue weighted by Crippen LogP contribution is 2.48. The first-order valence-electron chi connectivity index (χ1n) is 19.7. The first-order valence-corrected chi connectivity index (χ1v) is 23.2. The summed E-state index contributed by atoms with van der Waals surface area (Å²) < 4.78 is 20.8. The number of furan rings is 1. The SMILES string of the molecule is C=C/C1=C(\c2oc3ccccc3c2C)c2n(-c3ccccc3)c3ccccc3[n+]2C(=C)CC2C(CC1)c1ccc3nc(C)oc3c1-c1ccc([Si](C)(C)C)c[n+]12. The van der Waals surface area contributed by atoms with Crippen molar-refractivity contribution in [3.63, 3.8) is 0 Å². The van der Waals surface area contributed by atoms with Crippen LogP contribution in [0.2, 0.25) is 19.6 Å². The molecule has 0 amide bonds. The van der Waals surface area contributed by atoms with Crippen molar-refractivity contribution >= 4 is 57.6 Å². The van der Waals surface area contributed by atoms with Crippen LogP contribution in [0.3, 0.4) is 0 Å². The Kier molecular flexibility index (Phi) is 7.84. The number of hydrogen-bond donors (Lipinski definition) is 0. The molecule has 4 aromatic heterocycles. The number of para-hydroxylation sites is 4. The Morgan fingerprint density at radius 3 is 2.43 bits per heavy atom. The lowest BCUT2D eigenvalue weighted by Crippen LogP contribution is -2.53. The second-order valence-electron chi connectivity index (χ2n) is 16.5. The fourth-order valence-electron chi connectivity index (χ4n) is 9.46. The zero-order valence-electron chi connectivity index (χ0n) is 32.8. The summed E-state index contributed by atoms with van der Waals surface area (Å²) in [4.78, 5) is 4.78. The van der Waals surface area contributed by atoms with E-state index in [2.05, 4.69) is 156 Å². The summed E-state index contributed by atoms with van der Waals surface area (Å²) in [6, 6.07) is 37.0. The van der Waals surface area contributed by atoms with Crippen molar-refractivity contribution in [1.82, 2.24) is 9.55 Å². The van der Waals surface area contributed by atoms with Gasteiger partial charge in [0.15, 0.2) is 34.7 Å². The Balaban J connectivity index is 1.31. The van der Waals surface area contributed by atoms with E-state index in [9.17, 15) is 0 Å². The van der Waals surface area contributed by atoms with Gasteiger partial charge < -0.3 is 8.83 Å². The molecule has 6 nitrogen and oxygen atoms in total. The van der Waals surface area contributed by atoms with Gasteiger partial charge in [0, 0.05) is 35.0 Å². The van der Waals surface area contributed by atoms with Gasteiger partial charge in [-0.05, 0) is 67.3 Å². The minimum atomic E-state index is -1.68. The number of hydrogen-bond acceptors (Lipinski definition) is 3. The van der Waals surface area contributed by atoms with E-state index in [1.807, 2.05) is 13.0 Å². The summed E-state index contributed by atoms with van der Waals surface area (Å²) in [7, 11) is -1.68. The summed E-state index contributed by atoms with van der Waals surface area (Å²) in [5.74, 6) is 2.72. The largest absolute Gasteiger partial charge is 0.455 e. The molecule has 6 heterocycles. The van der Waals surface area contributed by atoms with Crippen molar-refractivity contribution < 1.29 is 18.0 Å². The van der Waals surface area contributed by atoms with Gasteiger partial charge in [-0.2, -0.15) is 13.7 Å². The molecule has 8 aromatic rings. The van der Waals surface area contributed by atoms with Crippen LogP contribution in [0.5, 0.6) is 0 Å². The molecular formula is C49H46N4O2Si+2. The second kappa shape index (κ2) is 12.7. The highest BCUT2D eigenvalue weighted by atomic mass is 28.3. The van der Waals surface area contributed by atoms with Gasteiger partial charge in [0.05, 0.1) is 20.1 Å². The van der Waals surface area contributed by atoms with E-state index in [4.69, 9.17) is 20.4 Å². The first kappa shape index (κ1) is 34.4. The van der Waals surface area contributed by atoms with Crippen LogP contribution in [0.15, 0.2) is 143 Å². The van der Waals surface area contributed by atoms with E-state index in [0.29, 0.717) is 5.89 Å². The third-order valence-corrected chi connectivity index (χ3v) is 14.2. The van der Waals surface area contributed by atoms with Crippen molar-refractivity contribution in [3.8, 4) is 16.9 Å². The molecule has 0 saturated carbocycles. The number of oxazole rings is 1. The molecule has 10 rings (SSSR count). The van der Waals surface area contributed by atoms with Crippen LogP contribution in [0, 0.1) is 13.8 Å². The Morgan fingerprint density at radius 1 is 0.875 bits per heavy atom. The molecule has 0 radical (unpaired) electrons. The monoisotopic (exact) mass is 750 g/mol. The van der Waals surface area contributed by atoms with E-state index in [0.717, 1.165) is 97.6 Å². The van der Waals surface area contributed by atoms with Crippen molar-refractivity contribution in [3.05, 3.63) is 163 Å². The molecule has 2 atom stereocenters. The Morgan fingerprint density at radius 2 is 1.64 bits per heavy atom. The van der Waals surface area contributed by atoms with Gasteiger partial charge in [-0.3, -0.25) is 0 Å². The molecule has 2 unspecified atom stereocenters. The zero-order chi connectivity index (χ0) is 38.5. The van der Waals surface area contributed by atoms with Crippen LogP contribution in [-0.2, 0) is 0 Å². The number of benzene rings is 4. The topological polar surface area (TPSA) is 51.9 Å². The molecule has 0 spiro atoms. The Labute approximate surface area is 328 Å². The van der Waals surface area contributed by atoms with E-state index in [1.54, 1.807) is 0 Å². The van der Waals surface area contributed by atoms with E-state index >= 15 is 0 Å². The molecule has 7 heteroatoms. The fraction of sp³-hybridized carbons (Fsp3) is 0.204. The summed E-state index contributed by atoms with van der Waals surface area (Å²) in [6.45, 7) is 20.9. The average Bonchev–Trinajstić information content (AvgIpc) is 3.86. The van der Waals surface area contributed by atoms with Crippen LogP contribution < -0.4 is 14.3 Å². The number of fused-ring (bicyclic) bond motifs is 12. The smallest absolute Gasteiger partial charge is 0.304 e. The predicted octanol–water partition coefficient (Wildman–Crippen LogP) is 10.9. The van der Waals surface area contributed by atoms with Crippen molar-refractivity contribution in [1.29, 1.82) is 0 Å². The fourth-order valence-corrected chi connectivity index (χ4v) is 10.6. The molecule has 0 saturated heterocycles. The maximum Gasteiger partial charge on any atom is 0.304 e. The van der Waals surface area contributed by atoms with Gasteiger partial charge in [-0.15, -0.1) is 0 Å². The minimum absolute atomic E-state index is 0.0995. The van der Waals surface area contributed by atoms with Crippen LogP contribution >= 0.6 is 0 Å². The van der Waals surface area contributed by atoms with E-state index in [1.165, 1.54) is 16.4 Å². The van der Waals surface area contributed by atoms with E-state index in [-0.39, 0.29) is 12.0 Å². The maximum atomic E-state index is 6.94. The molecular weight excluding hydrogens is 705 g/mol. The number of rotatable bonds is 4. The predicted molar refractivity (Wildman–Crippen MR) is 229 cm³/mol. The summed E-state index contributed by atoms with van der Waals surface area (Å²) in [5, 5.41) is 2.54. The molecule has 276 valence electrons. The molecule has 56 heavy (non-hydrogen) atoms. The minimum Gasteiger partial charge on any atom is -0.455 e. The van der Waals surface area contributed by atoms with Crippen LogP contribution in [0.1, 0.15) is 59.8 Å². The van der Waals surface area contributed by atoms with Crippen LogP contribution in [0.4, 0.5) is 0 Å². The lowest BCUT2D eigenvalue weighted by molar-refractivity contribution is -0.719. The lowest BCUT2D eigenvalue weighted by Gasteiger charge is -2.32. The highest BCUT2D eigenvalue weighted by molar-refractivity contribution is 6.88. The molecule has 0 fully saturated rings.